The fraction of sp³-hybridized carbons (Fsp3) is 0.167. The SMILES string of the molecule is Cn1ccc(-c2cc(Oc3ccc(NC(=O)Nc4cc(C(C)(C)C)nn4-c4ccc(C#N)cc4)c(F)c3)ccn2)n1. The van der Waals surface area contributed by atoms with Crippen molar-refractivity contribution in [3.63, 3.8) is 0 Å². The summed E-state index contributed by atoms with van der Waals surface area (Å²) in [5.41, 5.74) is 2.89. The summed E-state index contributed by atoms with van der Waals surface area (Å²) >= 11 is 0. The average molecular weight is 551 g/mol. The molecule has 0 aliphatic rings. The van der Waals surface area contributed by atoms with Gasteiger partial charge in [0.1, 0.15) is 28.8 Å². The molecular weight excluding hydrogens is 523 g/mol. The average Bonchev–Trinajstić information content (AvgIpc) is 3.57. The minimum atomic E-state index is -0.673. The normalized spacial score (nSPS) is 11.1. The molecule has 206 valence electrons. The Labute approximate surface area is 236 Å². The largest absolute Gasteiger partial charge is 0.457 e. The van der Waals surface area contributed by atoms with Gasteiger partial charge in [-0.2, -0.15) is 15.5 Å². The van der Waals surface area contributed by atoms with Gasteiger partial charge in [-0.1, -0.05) is 20.8 Å². The van der Waals surface area contributed by atoms with Crippen LogP contribution in [0.25, 0.3) is 17.1 Å². The highest BCUT2D eigenvalue weighted by Gasteiger charge is 2.22. The van der Waals surface area contributed by atoms with E-state index in [0.29, 0.717) is 34.2 Å². The van der Waals surface area contributed by atoms with E-state index in [1.54, 1.807) is 64.1 Å². The Morgan fingerprint density at radius 1 is 0.951 bits per heavy atom. The number of carbonyl (C=O) groups excluding carboxylic acids is 1. The molecule has 0 saturated heterocycles. The molecule has 10 nitrogen and oxygen atoms in total. The maximum absolute atomic E-state index is 15.0. The number of aryl methyl sites for hydroxylation is 1. The monoisotopic (exact) mass is 550 g/mol. The maximum atomic E-state index is 15.0. The van der Waals surface area contributed by atoms with Crippen molar-refractivity contribution in [2.24, 2.45) is 7.05 Å². The summed E-state index contributed by atoms with van der Waals surface area (Å²) in [5.74, 6) is 0.427. The molecule has 5 rings (SSSR count). The maximum Gasteiger partial charge on any atom is 0.324 e. The molecular formula is C30H27FN8O2. The van der Waals surface area contributed by atoms with Crippen LogP contribution in [-0.4, -0.2) is 30.6 Å². The molecule has 0 fully saturated rings. The Bertz CT molecular complexity index is 1760. The van der Waals surface area contributed by atoms with Crippen LogP contribution in [0.15, 0.2) is 79.1 Å². The van der Waals surface area contributed by atoms with Crippen LogP contribution in [0, 0.1) is 17.1 Å². The summed E-state index contributed by atoms with van der Waals surface area (Å²) in [6, 6.07) is 19.4. The molecule has 5 aromatic rings. The summed E-state index contributed by atoms with van der Waals surface area (Å²) in [7, 11) is 1.81. The van der Waals surface area contributed by atoms with Gasteiger partial charge in [-0.25, -0.2) is 13.9 Å². The standard InChI is InChI=1S/C30H27FN8O2/c1-30(2,3)27-17-28(39(37-27)20-7-5-19(18-32)6-8-20)35-29(40)34-24-10-9-21(15-23(24)31)41-22-11-13-33-26(16-22)25-12-14-38(4)36-25/h5-17H,1-4H3,(H2,34,35,40). The molecule has 0 unspecified atom stereocenters. The van der Waals surface area contributed by atoms with E-state index in [-0.39, 0.29) is 16.9 Å². The van der Waals surface area contributed by atoms with Crippen molar-refractivity contribution < 1.29 is 13.9 Å². The number of hydrogen-bond acceptors (Lipinski definition) is 6. The molecule has 11 heteroatoms. The zero-order valence-electron chi connectivity index (χ0n) is 22.9. The van der Waals surface area contributed by atoms with Gasteiger partial charge in [0.25, 0.3) is 0 Å². The second-order valence-corrected chi connectivity index (χ2v) is 10.3. The van der Waals surface area contributed by atoms with Crippen LogP contribution >= 0.6 is 0 Å². The van der Waals surface area contributed by atoms with Gasteiger partial charge in [0.15, 0.2) is 0 Å². The number of anilines is 2. The van der Waals surface area contributed by atoms with Crippen molar-refractivity contribution in [2.75, 3.05) is 10.6 Å². The summed E-state index contributed by atoms with van der Waals surface area (Å²) < 4.78 is 24.1. The number of carbonyl (C=O) groups is 1. The Morgan fingerprint density at radius 2 is 1.71 bits per heavy atom. The lowest BCUT2D eigenvalue weighted by Gasteiger charge is -2.14. The predicted octanol–water partition coefficient (Wildman–Crippen LogP) is 6.41. The molecule has 41 heavy (non-hydrogen) atoms. The number of hydrogen-bond donors (Lipinski definition) is 2. The number of amides is 2. The van der Waals surface area contributed by atoms with E-state index in [1.165, 1.54) is 12.1 Å². The third kappa shape index (κ3) is 6.23. The van der Waals surface area contributed by atoms with Crippen LogP contribution in [-0.2, 0) is 12.5 Å². The topological polar surface area (TPSA) is 123 Å². The lowest BCUT2D eigenvalue weighted by molar-refractivity contribution is 0.262. The molecule has 3 heterocycles. The number of rotatable bonds is 6. The van der Waals surface area contributed by atoms with Gasteiger partial charge >= 0.3 is 6.03 Å². The van der Waals surface area contributed by atoms with E-state index >= 15 is 0 Å². The van der Waals surface area contributed by atoms with E-state index in [1.807, 2.05) is 40.1 Å². The third-order valence-corrected chi connectivity index (χ3v) is 6.09. The van der Waals surface area contributed by atoms with Crippen LogP contribution < -0.4 is 15.4 Å². The Hall–Kier alpha value is -5.50. The van der Waals surface area contributed by atoms with Gasteiger partial charge in [0.2, 0.25) is 0 Å². The zero-order valence-corrected chi connectivity index (χ0v) is 22.9. The zero-order chi connectivity index (χ0) is 29.1. The van der Waals surface area contributed by atoms with E-state index in [2.05, 4.69) is 31.9 Å². The molecule has 0 atom stereocenters. The minimum absolute atomic E-state index is 0.0285. The Balaban J connectivity index is 1.31. The number of aromatic nitrogens is 5. The van der Waals surface area contributed by atoms with Gasteiger partial charge in [-0.3, -0.25) is 15.0 Å². The minimum Gasteiger partial charge on any atom is -0.457 e. The molecule has 2 N–H and O–H groups in total. The number of nitriles is 1. The summed E-state index contributed by atoms with van der Waals surface area (Å²) in [4.78, 5) is 17.2. The number of pyridine rings is 1. The Kier molecular flexibility index (Phi) is 7.22. The summed E-state index contributed by atoms with van der Waals surface area (Å²) in [6.45, 7) is 6.02. The number of nitrogens with zero attached hydrogens (tertiary/aromatic N) is 6. The number of urea groups is 1. The van der Waals surface area contributed by atoms with Crippen molar-refractivity contribution in [1.82, 2.24) is 24.5 Å². The molecule has 0 spiro atoms. The molecule has 2 aromatic carbocycles. The van der Waals surface area contributed by atoms with Crippen LogP contribution in [0.4, 0.5) is 20.7 Å². The van der Waals surface area contributed by atoms with Crippen molar-refractivity contribution in [2.45, 2.75) is 26.2 Å². The predicted molar refractivity (Wildman–Crippen MR) is 153 cm³/mol. The van der Waals surface area contributed by atoms with E-state index in [4.69, 9.17) is 10.00 Å². The first-order valence-electron chi connectivity index (χ1n) is 12.7. The van der Waals surface area contributed by atoms with Crippen LogP contribution in [0.5, 0.6) is 11.5 Å². The van der Waals surface area contributed by atoms with Gasteiger partial charge in [0, 0.05) is 43.1 Å². The van der Waals surface area contributed by atoms with Crippen LogP contribution in [0.1, 0.15) is 32.0 Å². The highest BCUT2D eigenvalue weighted by molar-refractivity contribution is 5.99. The highest BCUT2D eigenvalue weighted by Crippen LogP contribution is 2.29. The molecule has 2 amide bonds. The summed E-state index contributed by atoms with van der Waals surface area (Å²) in [5, 5.41) is 23.4. The number of benzene rings is 2. The van der Waals surface area contributed by atoms with Crippen molar-refractivity contribution in [3.05, 3.63) is 96.2 Å². The molecule has 0 aliphatic carbocycles. The van der Waals surface area contributed by atoms with E-state index in [9.17, 15) is 9.18 Å². The van der Waals surface area contributed by atoms with E-state index < -0.39 is 11.8 Å². The first-order chi connectivity index (χ1) is 19.6. The quantitative estimate of drug-likeness (QED) is 0.252. The second kappa shape index (κ2) is 10.9. The molecule has 0 bridgehead atoms. The fourth-order valence-electron chi connectivity index (χ4n) is 3.94. The lowest BCUT2D eigenvalue weighted by Crippen LogP contribution is -2.22. The van der Waals surface area contributed by atoms with Crippen molar-refractivity contribution >= 4 is 17.5 Å². The number of ether oxygens (including phenoxy) is 1. The smallest absolute Gasteiger partial charge is 0.324 e. The number of halogens is 1. The molecule has 3 aromatic heterocycles. The third-order valence-electron chi connectivity index (χ3n) is 6.09. The van der Waals surface area contributed by atoms with Gasteiger partial charge in [-0.05, 0) is 48.5 Å². The van der Waals surface area contributed by atoms with Crippen LogP contribution in [0.3, 0.4) is 0 Å². The second-order valence-electron chi connectivity index (χ2n) is 10.3. The highest BCUT2D eigenvalue weighted by atomic mass is 19.1. The fourth-order valence-corrected chi connectivity index (χ4v) is 3.94. The van der Waals surface area contributed by atoms with E-state index in [0.717, 1.165) is 5.69 Å². The molecule has 0 radical (unpaired) electrons. The number of nitrogens with one attached hydrogen (secondary N) is 2. The van der Waals surface area contributed by atoms with Gasteiger partial charge < -0.3 is 10.1 Å². The first kappa shape index (κ1) is 27.1. The lowest BCUT2D eigenvalue weighted by atomic mass is 9.92. The van der Waals surface area contributed by atoms with Gasteiger partial charge in [-0.15, -0.1) is 0 Å². The van der Waals surface area contributed by atoms with Crippen molar-refractivity contribution in [3.8, 4) is 34.6 Å². The van der Waals surface area contributed by atoms with Gasteiger partial charge in [0.05, 0.1) is 34.4 Å². The Morgan fingerprint density at radius 3 is 2.37 bits per heavy atom. The van der Waals surface area contributed by atoms with Crippen molar-refractivity contribution in [1.29, 1.82) is 5.26 Å². The molecule has 0 aliphatic heterocycles. The first-order valence-corrected chi connectivity index (χ1v) is 12.7. The summed E-state index contributed by atoms with van der Waals surface area (Å²) in [6.07, 6.45) is 3.40. The van der Waals surface area contributed by atoms with Crippen LogP contribution in [0.2, 0.25) is 0 Å². The molecule has 0 saturated carbocycles.